The standard InChI is InChI=1S/C19H14BrNO2/c20-15-6-8-16(9-7-15)22-11-12-23-19-10-5-14-3-1-2-4-17(14)18(19)13-21/h1-10H,11-12H2. The SMILES string of the molecule is N#Cc1c(OCCOc2ccc(Br)cc2)ccc2ccccc12. The van der Waals surface area contributed by atoms with Gasteiger partial charge in [0, 0.05) is 9.86 Å². The van der Waals surface area contributed by atoms with E-state index >= 15 is 0 Å². The van der Waals surface area contributed by atoms with Crippen LogP contribution in [0.15, 0.2) is 65.1 Å². The first-order chi connectivity index (χ1) is 11.3. The molecule has 0 unspecified atom stereocenters. The summed E-state index contributed by atoms with van der Waals surface area (Å²) in [5, 5.41) is 11.3. The van der Waals surface area contributed by atoms with E-state index in [4.69, 9.17) is 9.47 Å². The van der Waals surface area contributed by atoms with Gasteiger partial charge in [-0.1, -0.05) is 46.3 Å². The molecule has 0 radical (unpaired) electrons. The smallest absolute Gasteiger partial charge is 0.137 e. The molecule has 0 N–H and O–H groups in total. The van der Waals surface area contributed by atoms with E-state index in [1.54, 1.807) is 0 Å². The second-order valence-electron chi connectivity index (χ2n) is 4.92. The van der Waals surface area contributed by atoms with Gasteiger partial charge in [-0.3, -0.25) is 0 Å². The molecule has 0 aromatic heterocycles. The van der Waals surface area contributed by atoms with Crippen LogP contribution in [0.4, 0.5) is 0 Å². The van der Waals surface area contributed by atoms with E-state index in [2.05, 4.69) is 22.0 Å². The Kier molecular flexibility index (Phi) is 4.80. The second kappa shape index (κ2) is 7.17. The maximum atomic E-state index is 9.41. The second-order valence-corrected chi connectivity index (χ2v) is 5.84. The van der Waals surface area contributed by atoms with Crippen molar-refractivity contribution in [2.45, 2.75) is 0 Å². The number of nitriles is 1. The molecule has 0 saturated carbocycles. The molecule has 3 aromatic rings. The minimum atomic E-state index is 0.378. The fraction of sp³-hybridized carbons (Fsp3) is 0.105. The Morgan fingerprint density at radius 3 is 2.39 bits per heavy atom. The van der Waals surface area contributed by atoms with Crippen molar-refractivity contribution in [3.05, 3.63) is 70.7 Å². The van der Waals surface area contributed by atoms with Crippen molar-refractivity contribution in [3.63, 3.8) is 0 Å². The number of ether oxygens (including phenoxy) is 2. The van der Waals surface area contributed by atoms with Gasteiger partial charge in [-0.2, -0.15) is 5.26 Å². The zero-order chi connectivity index (χ0) is 16.1. The summed E-state index contributed by atoms with van der Waals surface area (Å²) >= 11 is 3.38. The van der Waals surface area contributed by atoms with Crippen LogP contribution in [-0.2, 0) is 0 Å². The first-order valence-corrected chi connectivity index (χ1v) is 8.00. The van der Waals surface area contributed by atoms with Crippen molar-refractivity contribution in [1.82, 2.24) is 0 Å². The lowest BCUT2D eigenvalue weighted by atomic mass is 10.0. The van der Waals surface area contributed by atoms with E-state index < -0.39 is 0 Å². The molecule has 3 aromatic carbocycles. The molecule has 0 spiro atoms. The number of halogens is 1. The minimum Gasteiger partial charge on any atom is -0.490 e. The highest BCUT2D eigenvalue weighted by Crippen LogP contribution is 2.27. The van der Waals surface area contributed by atoms with Crippen molar-refractivity contribution in [1.29, 1.82) is 5.26 Å². The van der Waals surface area contributed by atoms with Crippen molar-refractivity contribution >= 4 is 26.7 Å². The van der Waals surface area contributed by atoms with Crippen LogP contribution in [0.3, 0.4) is 0 Å². The first kappa shape index (κ1) is 15.4. The molecule has 0 fully saturated rings. The predicted octanol–water partition coefficient (Wildman–Crippen LogP) is 4.93. The summed E-state index contributed by atoms with van der Waals surface area (Å²) in [6.45, 7) is 0.794. The molecule has 3 nitrogen and oxygen atoms in total. The van der Waals surface area contributed by atoms with Gasteiger partial charge in [0.05, 0.1) is 0 Å². The highest BCUT2D eigenvalue weighted by atomic mass is 79.9. The topological polar surface area (TPSA) is 42.2 Å². The van der Waals surface area contributed by atoms with Crippen LogP contribution >= 0.6 is 15.9 Å². The van der Waals surface area contributed by atoms with Gasteiger partial charge in [-0.25, -0.2) is 0 Å². The molecule has 3 rings (SSSR count). The minimum absolute atomic E-state index is 0.378. The molecular weight excluding hydrogens is 354 g/mol. The molecule has 0 aliphatic rings. The van der Waals surface area contributed by atoms with E-state index in [0.29, 0.717) is 24.5 Å². The van der Waals surface area contributed by atoms with Crippen LogP contribution in [0.5, 0.6) is 11.5 Å². The van der Waals surface area contributed by atoms with E-state index in [1.807, 2.05) is 60.7 Å². The summed E-state index contributed by atoms with van der Waals surface area (Å²) < 4.78 is 12.3. The van der Waals surface area contributed by atoms with Crippen molar-refractivity contribution in [2.75, 3.05) is 13.2 Å². The molecular formula is C19H14BrNO2. The quantitative estimate of drug-likeness (QED) is 0.600. The lowest BCUT2D eigenvalue weighted by Gasteiger charge is -2.11. The molecule has 0 aliphatic heterocycles. The van der Waals surface area contributed by atoms with E-state index in [-0.39, 0.29) is 0 Å². The Balaban J connectivity index is 1.65. The number of hydrogen-bond acceptors (Lipinski definition) is 3. The highest BCUT2D eigenvalue weighted by Gasteiger charge is 2.08. The summed E-state index contributed by atoms with van der Waals surface area (Å²) in [5.74, 6) is 1.38. The van der Waals surface area contributed by atoms with Gasteiger partial charge in [0.2, 0.25) is 0 Å². The van der Waals surface area contributed by atoms with Gasteiger partial charge >= 0.3 is 0 Å². The first-order valence-electron chi connectivity index (χ1n) is 7.21. The van der Waals surface area contributed by atoms with E-state index in [9.17, 15) is 5.26 Å². The summed E-state index contributed by atoms with van der Waals surface area (Å²) in [4.78, 5) is 0. The third-order valence-electron chi connectivity index (χ3n) is 3.43. The van der Waals surface area contributed by atoms with Crippen LogP contribution in [0.2, 0.25) is 0 Å². The van der Waals surface area contributed by atoms with Gasteiger partial charge in [0.1, 0.15) is 36.3 Å². The van der Waals surface area contributed by atoms with Crippen LogP contribution in [-0.4, -0.2) is 13.2 Å². The summed E-state index contributed by atoms with van der Waals surface area (Å²) in [6, 6.07) is 21.4. The number of benzene rings is 3. The van der Waals surface area contributed by atoms with E-state index in [0.717, 1.165) is 21.0 Å². The molecule has 0 heterocycles. The summed E-state index contributed by atoms with van der Waals surface area (Å²) in [6.07, 6.45) is 0. The molecule has 23 heavy (non-hydrogen) atoms. The molecule has 0 amide bonds. The maximum Gasteiger partial charge on any atom is 0.137 e. The summed E-state index contributed by atoms with van der Waals surface area (Å²) in [5.41, 5.74) is 0.562. The van der Waals surface area contributed by atoms with Crippen molar-refractivity contribution < 1.29 is 9.47 Å². The van der Waals surface area contributed by atoms with Gasteiger partial charge in [0.25, 0.3) is 0 Å². The van der Waals surface area contributed by atoms with Crippen LogP contribution in [0.1, 0.15) is 5.56 Å². The fourth-order valence-corrected chi connectivity index (χ4v) is 2.59. The molecule has 0 saturated heterocycles. The monoisotopic (exact) mass is 367 g/mol. The van der Waals surface area contributed by atoms with Crippen LogP contribution < -0.4 is 9.47 Å². The van der Waals surface area contributed by atoms with E-state index in [1.165, 1.54) is 0 Å². The molecule has 0 atom stereocenters. The third kappa shape index (κ3) is 3.64. The molecule has 4 heteroatoms. The molecule has 0 bridgehead atoms. The van der Waals surface area contributed by atoms with Gasteiger partial charge < -0.3 is 9.47 Å². The lowest BCUT2D eigenvalue weighted by molar-refractivity contribution is 0.217. The summed E-state index contributed by atoms with van der Waals surface area (Å²) in [7, 11) is 0. The number of nitrogens with zero attached hydrogens (tertiary/aromatic N) is 1. The predicted molar refractivity (Wildman–Crippen MR) is 93.8 cm³/mol. The van der Waals surface area contributed by atoms with Gasteiger partial charge in [-0.15, -0.1) is 0 Å². The Morgan fingerprint density at radius 2 is 1.61 bits per heavy atom. The maximum absolute atomic E-state index is 9.41. The number of fused-ring (bicyclic) bond motifs is 1. The number of rotatable bonds is 5. The average molecular weight is 368 g/mol. The lowest BCUT2D eigenvalue weighted by Crippen LogP contribution is -2.09. The van der Waals surface area contributed by atoms with Crippen LogP contribution in [0.25, 0.3) is 10.8 Å². The third-order valence-corrected chi connectivity index (χ3v) is 3.95. The Labute approximate surface area is 143 Å². The zero-order valence-corrected chi connectivity index (χ0v) is 13.9. The van der Waals surface area contributed by atoms with Gasteiger partial charge in [-0.05, 0) is 35.7 Å². The Hall–Kier alpha value is -2.51. The highest BCUT2D eigenvalue weighted by molar-refractivity contribution is 9.10. The molecule has 114 valence electrons. The number of hydrogen-bond donors (Lipinski definition) is 0. The van der Waals surface area contributed by atoms with Crippen molar-refractivity contribution in [3.8, 4) is 17.6 Å². The average Bonchev–Trinajstić information content (AvgIpc) is 2.59. The van der Waals surface area contributed by atoms with Crippen molar-refractivity contribution in [2.24, 2.45) is 0 Å². The van der Waals surface area contributed by atoms with Crippen LogP contribution in [0, 0.1) is 11.3 Å². The zero-order valence-electron chi connectivity index (χ0n) is 12.3. The largest absolute Gasteiger partial charge is 0.490 e. The Bertz CT molecular complexity index is 853. The fourth-order valence-electron chi connectivity index (χ4n) is 2.33. The Morgan fingerprint density at radius 1 is 0.870 bits per heavy atom. The molecule has 0 aliphatic carbocycles. The normalized spacial score (nSPS) is 10.3. The van der Waals surface area contributed by atoms with Gasteiger partial charge in [0.15, 0.2) is 0 Å².